The topological polar surface area (TPSA) is 62.3 Å². The maximum absolute atomic E-state index is 13.6. The number of hydrogen-bond donors (Lipinski definition) is 1. The Balaban J connectivity index is 2.21. The number of rotatable bonds is 5. The molecule has 0 fully saturated rings. The predicted octanol–water partition coefficient (Wildman–Crippen LogP) is 2.96. The molecule has 0 aliphatic carbocycles. The summed E-state index contributed by atoms with van der Waals surface area (Å²) in [4.78, 5) is 30.1. The number of nitrogens with one attached hydrogen (secondary N) is 1. The normalized spacial score (nSPS) is 10.2. The van der Waals surface area contributed by atoms with Gasteiger partial charge in [0.1, 0.15) is 11.5 Å². The standard InChI is InChI=1S/C17H18FN3O2/c1-3-21(4-2)17(23)12-9-10-19-15(11-12)16(22)20-14-8-6-5-7-13(14)18/h5-11H,3-4H2,1-2H3,(H,20,22). The molecule has 0 saturated heterocycles. The average molecular weight is 315 g/mol. The van der Waals surface area contributed by atoms with Gasteiger partial charge < -0.3 is 10.2 Å². The van der Waals surface area contributed by atoms with E-state index in [-0.39, 0.29) is 17.3 Å². The van der Waals surface area contributed by atoms with Crippen LogP contribution in [0.5, 0.6) is 0 Å². The summed E-state index contributed by atoms with van der Waals surface area (Å²) in [5.74, 6) is -1.27. The van der Waals surface area contributed by atoms with Crippen molar-refractivity contribution in [3.63, 3.8) is 0 Å². The first kappa shape index (κ1) is 16.6. The molecule has 23 heavy (non-hydrogen) atoms. The number of nitrogens with zero attached hydrogens (tertiary/aromatic N) is 2. The van der Waals surface area contributed by atoms with Gasteiger partial charge in [-0.3, -0.25) is 14.6 Å². The first-order valence-corrected chi connectivity index (χ1v) is 7.38. The Morgan fingerprint density at radius 1 is 1.17 bits per heavy atom. The van der Waals surface area contributed by atoms with Gasteiger partial charge in [0, 0.05) is 24.8 Å². The molecular formula is C17H18FN3O2. The summed E-state index contributed by atoms with van der Waals surface area (Å²) in [7, 11) is 0. The number of amides is 2. The highest BCUT2D eigenvalue weighted by atomic mass is 19.1. The first-order valence-electron chi connectivity index (χ1n) is 7.38. The molecule has 6 heteroatoms. The largest absolute Gasteiger partial charge is 0.339 e. The minimum absolute atomic E-state index is 0.0614. The van der Waals surface area contributed by atoms with E-state index in [0.29, 0.717) is 18.7 Å². The minimum atomic E-state index is -0.565. The number of halogens is 1. The second-order valence-electron chi connectivity index (χ2n) is 4.84. The number of para-hydroxylation sites is 1. The van der Waals surface area contributed by atoms with E-state index in [1.165, 1.54) is 30.5 Å². The van der Waals surface area contributed by atoms with Gasteiger partial charge in [-0.1, -0.05) is 12.1 Å². The molecule has 1 aromatic carbocycles. The van der Waals surface area contributed by atoms with E-state index in [1.54, 1.807) is 17.0 Å². The van der Waals surface area contributed by atoms with Crippen LogP contribution in [0.25, 0.3) is 0 Å². The molecule has 1 aromatic heterocycles. The molecule has 0 unspecified atom stereocenters. The lowest BCUT2D eigenvalue weighted by atomic mass is 10.2. The number of hydrogen-bond acceptors (Lipinski definition) is 3. The third-order valence-electron chi connectivity index (χ3n) is 3.41. The van der Waals surface area contributed by atoms with E-state index in [1.807, 2.05) is 13.8 Å². The van der Waals surface area contributed by atoms with Crippen LogP contribution in [0.15, 0.2) is 42.6 Å². The summed E-state index contributed by atoms with van der Waals surface area (Å²) in [5, 5.41) is 2.45. The number of pyridine rings is 1. The van der Waals surface area contributed by atoms with Gasteiger partial charge in [-0.2, -0.15) is 0 Å². The third kappa shape index (κ3) is 3.91. The van der Waals surface area contributed by atoms with Crippen LogP contribution >= 0.6 is 0 Å². The van der Waals surface area contributed by atoms with Crippen LogP contribution < -0.4 is 5.32 Å². The van der Waals surface area contributed by atoms with Gasteiger partial charge in [0.05, 0.1) is 5.69 Å². The number of aromatic nitrogens is 1. The molecule has 0 spiro atoms. The Hall–Kier alpha value is -2.76. The molecule has 0 atom stereocenters. The number of carbonyl (C=O) groups excluding carboxylic acids is 2. The fraction of sp³-hybridized carbons (Fsp3) is 0.235. The Bertz CT molecular complexity index is 714. The molecule has 2 aromatic rings. The fourth-order valence-electron chi connectivity index (χ4n) is 2.13. The minimum Gasteiger partial charge on any atom is -0.339 e. The second-order valence-corrected chi connectivity index (χ2v) is 4.84. The highest BCUT2D eigenvalue weighted by Crippen LogP contribution is 2.14. The molecule has 0 bridgehead atoms. The van der Waals surface area contributed by atoms with Crippen LogP contribution in [0.2, 0.25) is 0 Å². The van der Waals surface area contributed by atoms with Crippen molar-refractivity contribution in [2.24, 2.45) is 0 Å². The average Bonchev–Trinajstić information content (AvgIpc) is 2.58. The summed E-state index contributed by atoms with van der Waals surface area (Å²) < 4.78 is 13.6. The zero-order valence-corrected chi connectivity index (χ0v) is 13.0. The van der Waals surface area contributed by atoms with Crippen LogP contribution in [0.1, 0.15) is 34.7 Å². The lowest BCUT2D eigenvalue weighted by molar-refractivity contribution is 0.0773. The van der Waals surface area contributed by atoms with Gasteiger partial charge in [0.25, 0.3) is 11.8 Å². The molecular weight excluding hydrogens is 297 g/mol. The quantitative estimate of drug-likeness (QED) is 0.922. The van der Waals surface area contributed by atoms with Gasteiger partial charge in [-0.15, -0.1) is 0 Å². The Labute approximate surface area is 134 Å². The van der Waals surface area contributed by atoms with Crippen molar-refractivity contribution >= 4 is 17.5 Å². The van der Waals surface area contributed by atoms with Crippen LogP contribution in [-0.4, -0.2) is 34.8 Å². The molecule has 1 heterocycles. The number of benzene rings is 1. The van der Waals surface area contributed by atoms with Crippen LogP contribution in [0.4, 0.5) is 10.1 Å². The monoisotopic (exact) mass is 315 g/mol. The van der Waals surface area contributed by atoms with Crippen molar-refractivity contribution in [2.45, 2.75) is 13.8 Å². The lowest BCUT2D eigenvalue weighted by Crippen LogP contribution is -2.30. The lowest BCUT2D eigenvalue weighted by Gasteiger charge is -2.18. The summed E-state index contributed by atoms with van der Waals surface area (Å²) in [5.41, 5.74) is 0.508. The second kappa shape index (κ2) is 7.49. The molecule has 0 radical (unpaired) electrons. The van der Waals surface area contributed by atoms with Crippen LogP contribution in [0.3, 0.4) is 0 Å². The molecule has 0 aliphatic heterocycles. The highest BCUT2D eigenvalue weighted by molar-refractivity contribution is 6.04. The maximum atomic E-state index is 13.6. The smallest absolute Gasteiger partial charge is 0.274 e. The molecule has 0 aliphatic rings. The van der Waals surface area contributed by atoms with Crippen molar-refractivity contribution in [3.8, 4) is 0 Å². The molecule has 1 N–H and O–H groups in total. The Kier molecular flexibility index (Phi) is 5.41. The Morgan fingerprint density at radius 2 is 1.87 bits per heavy atom. The molecule has 120 valence electrons. The predicted molar refractivity (Wildman–Crippen MR) is 85.8 cm³/mol. The van der Waals surface area contributed by atoms with Gasteiger partial charge in [0.2, 0.25) is 0 Å². The van der Waals surface area contributed by atoms with E-state index in [4.69, 9.17) is 0 Å². The van der Waals surface area contributed by atoms with E-state index < -0.39 is 11.7 Å². The van der Waals surface area contributed by atoms with Gasteiger partial charge >= 0.3 is 0 Å². The van der Waals surface area contributed by atoms with Gasteiger partial charge in [0.15, 0.2) is 0 Å². The van der Waals surface area contributed by atoms with Crippen molar-refractivity contribution in [1.29, 1.82) is 0 Å². The summed E-state index contributed by atoms with van der Waals surface area (Å²) >= 11 is 0. The number of carbonyl (C=O) groups is 2. The highest BCUT2D eigenvalue weighted by Gasteiger charge is 2.16. The van der Waals surface area contributed by atoms with E-state index in [2.05, 4.69) is 10.3 Å². The van der Waals surface area contributed by atoms with E-state index >= 15 is 0 Å². The van der Waals surface area contributed by atoms with Crippen LogP contribution in [-0.2, 0) is 0 Å². The van der Waals surface area contributed by atoms with Gasteiger partial charge in [-0.05, 0) is 38.1 Å². The van der Waals surface area contributed by atoms with Crippen molar-refractivity contribution in [2.75, 3.05) is 18.4 Å². The zero-order valence-electron chi connectivity index (χ0n) is 13.0. The fourth-order valence-corrected chi connectivity index (χ4v) is 2.13. The van der Waals surface area contributed by atoms with E-state index in [9.17, 15) is 14.0 Å². The summed E-state index contributed by atoms with van der Waals surface area (Å²) in [6.45, 7) is 4.92. The van der Waals surface area contributed by atoms with E-state index in [0.717, 1.165) is 0 Å². The molecule has 0 saturated carbocycles. The van der Waals surface area contributed by atoms with Crippen molar-refractivity contribution < 1.29 is 14.0 Å². The van der Waals surface area contributed by atoms with Crippen molar-refractivity contribution in [3.05, 3.63) is 59.7 Å². The molecule has 2 amide bonds. The number of anilines is 1. The zero-order chi connectivity index (χ0) is 16.8. The third-order valence-corrected chi connectivity index (χ3v) is 3.41. The van der Waals surface area contributed by atoms with Crippen LogP contribution in [0, 0.1) is 5.82 Å². The molecule has 5 nitrogen and oxygen atoms in total. The van der Waals surface area contributed by atoms with Gasteiger partial charge in [-0.25, -0.2) is 4.39 Å². The summed E-state index contributed by atoms with van der Waals surface area (Å²) in [6.07, 6.45) is 1.40. The molecule has 2 rings (SSSR count). The SMILES string of the molecule is CCN(CC)C(=O)c1ccnc(C(=O)Nc2ccccc2F)c1. The van der Waals surface area contributed by atoms with Crippen molar-refractivity contribution in [1.82, 2.24) is 9.88 Å². The first-order chi connectivity index (χ1) is 11.1. The summed E-state index contributed by atoms with van der Waals surface area (Å²) in [6, 6.07) is 8.83. The maximum Gasteiger partial charge on any atom is 0.274 e. The Morgan fingerprint density at radius 3 is 2.52 bits per heavy atom.